The van der Waals surface area contributed by atoms with Crippen LogP contribution in [0.2, 0.25) is 0 Å². The van der Waals surface area contributed by atoms with E-state index in [2.05, 4.69) is 15.8 Å². The summed E-state index contributed by atoms with van der Waals surface area (Å²) < 4.78 is 0. The van der Waals surface area contributed by atoms with Crippen LogP contribution in [0, 0.1) is 6.92 Å². The first-order valence-corrected chi connectivity index (χ1v) is 9.51. The monoisotopic (exact) mass is 372 g/mol. The van der Waals surface area contributed by atoms with Gasteiger partial charge in [0.15, 0.2) is 5.60 Å². The number of nitrogens with zero attached hydrogens (tertiary/aromatic N) is 2. The average Bonchev–Trinajstić information content (AvgIpc) is 3.04. The molecule has 1 atom stereocenters. The van der Waals surface area contributed by atoms with Crippen LogP contribution in [0.25, 0.3) is 0 Å². The van der Waals surface area contributed by atoms with E-state index in [1.54, 1.807) is 4.90 Å². The number of carbonyl (C=O) groups is 2. The van der Waals surface area contributed by atoms with Crippen molar-refractivity contribution in [1.82, 2.24) is 15.5 Å². The summed E-state index contributed by atoms with van der Waals surface area (Å²) in [6.45, 7) is 7.49. The summed E-state index contributed by atoms with van der Waals surface area (Å²) >= 11 is 0. The van der Waals surface area contributed by atoms with Crippen molar-refractivity contribution in [3.63, 3.8) is 0 Å². The van der Waals surface area contributed by atoms with E-state index in [0.717, 1.165) is 18.4 Å². The fourth-order valence-electron chi connectivity index (χ4n) is 3.46. The molecule has 1 unspecified atom stereocenters. The predicted octanol–water partition coefficient (Wildman–Crippen LogP) is 2.34. The van der Waals surface area contributed by atoms with Crippen LogP contribution in [-0.2, 0) is 16.2 Å². The number of likely N-dealkylation sites (tertiary alicyclic amines) is 1. The van der Waals surface area contributed by atoms with Gasteiger partial charge in [0.1, 0.15) is 5.71 Å². The highest BCUT2D eigenvalue weighted by Gasteiger charge is 2.45. The molecule has 27 heavy (non-hydrogen) atoms. The predicted molar refractivity (Wildman–Crippen MR) is 103 cm³/mol. The number of urea groups is 1. The van der Waals surface area contributed by atoms with Crippen molar-refractivity contribution < 1.29 is 14.4 Å². The first kappa shape index (κ1) is 19.2. The molecule has 7 nitrogen and oxygen atoms in total. The number of benzene rings is 1. The zero-order valence-corrected chi connectivity index (χ0v) is 16.2. The number of oxime groups is 1. The van der Waals surface area contributed by atoms with Crippen molar-refractivity contribution in [2.24, 2.45) is 5.16 Å². The molecule has 0 bridgehead atoms. The molecule has 7 heteroatoms. The maximum atomic E-state index is 12.5. The molecule has 3 amide bonds. The van der Waals surface area contributed by atoms with Crippen molar-refractivity contribution in [2.45, 2.75) is 58.2 Å². The van der Waals surface area contributed by atoms with Gasteiger partial charge < -0.3 is 20.4 Å². The fourth-order valence-corrected chi connectivity index (χ4v) is 3.46. The minimum Gasteiger partial charge on any atom is -0.386 e. The van der Waals surface area contributed by atoms with Crippen molar-refractivity contribution in [3.8, 4) is 0 Å². The zero-order chi connectivity index (χ0) is 19.4. The van der Waals surface area contributed by atoms with Crippen molar-refractivity contribution in [3.05, 3.63) is 35.4 Å². The van der Waals surface area contributed by atoms with E-state index >= 15 is 0 Å². The summed E-state index contributed by atoms with van der Waals surface area (Å²) in [4.78, 5) is 32.2. The Labute approximate surface area is 160 Å². The van der Waals surface area contributed by atoms with Crippen molar-refractivity contribution >= 4 is 17.6 Å². The summed E-state index contributed by atoms with van der Waals surface area (Å²) in [7, 11) is 0. The molecule has 146 valence electrons. The molecule has 1 fully saturated rings. The highest BCUT2D eigenvalue weighted by atomic mass is 16.7. The van der Waals surface area contributed by atoms with Gasteiger partial charge in [-0.15, -0.1) is 0 Å². The fraction of sp³-hybridized carbons (Fsp3) is 0.550. The molecule has 1 saturated heterocycles. The Morgan fingerprint density at radius 3 is 2.74 bits per heavy atom. The molecule has 2 aliphatic rings. The molecule has 2 N–H and O–H groups in total. The lowest BCUT2D eigenvalue weighted by Gasteiger charge is -2.38. The van der Waals surface area contributed by atoms with Crippen LogP contribution >= 0.6 is 0 Å². The van der Waals surface area contributed by atoms with Gasteiger partial charge in [0.25, 0.3) is 5.91 Å². The van der Waals surface area contributed by atoms with Gasteiger partial charge >= 0.3 is 6.03 Å². The first-order valence-electron chi connectivity index (χ1n) is 9.51. The van der Waals surface area contributed by atoms with Gasteiger partial charge in [0.2, 0.25) is 0 Å². The maximum Gasteiger partial charge on any atom is 0.317 e. The number of amides is 3. The standard InChI is InChI=1S/C20H28N4O3/c1-14(2)22-19(26)24-10-4-9-20(13-24)11-17(23-27-20)18(25)21-12-16-7-5-15(3)6-8-16/h5-8,14H,4,9-13H2,1-3H3,(H,21,25)(H,22,26). The number of piperidine rings is 1. The van der Waals surface area contributed by atoms with Crippen molar-refractivity contribution in [2.75, 3.05) is 13.1 Å². The molecule has 2 aliphatic heterocycles. The molecule has 0 aromatic heterocycles. The molecule has 2 heterocycles. The van der Waals surface area contributed by atoms with E-state index in [4.69, 9.17) is 4.84 Å². The van der Waals surface area contributed by atoms with Gasteiger partial charge in [-0.25, -0.2) is 4.79 Å². The van der Waals surface area contributed by atoms with E-state index in [9.17, 15) is 9.59 Å². The largest absolute Gasteiger partial charge is 0.386 e. The molecule has 1 aromatic rings. The minimum absolute atomic E-state index is 0.0826. The summed E-state index contributed by atoms with van der Waals surface area (Å²) in [6.07, 6.45) is 2.05. The minimum atomic E-state index is -0.580. The quantitative estimate of drug-likeness (QED) is 0.851. The highest BCUT2D eigenvalue weighted by molar-refractivity contribution is 6.39. The average molecular weight is 372 g/mol. The second-order valence-corrected chi connectivity index (χ2v) is 7.79. The van der Waals surface area contributed by atoms with Gasteiger partial charge in [0.05, 0.1) is 6.54 Å². The Hall–Kier alpha value is -2.57. The summed E-state index contributed by atoms with van der Waals surface area (Å²) in [5.74, 6) is -0.212. The highest BCUT2D eigenvalue weighted by Crippen LogP contribution is 2.33. The van der Waals surface area contributed by atoms with E-state index < -0.39 is 5.60 Å². The lowest BCUT2D eigenvalue weighted by Crippen LogP contribution is -2.54. The third kappa shape index (κ3) is 4.78. The van der Waals surface area contributed by atoms with Crippen LogP contribution < -0.4 is 10.6 Å². The van der Waals surface area contributed by atoms with Crippen LogP contribution in [0.4, 0.5) is 4.79 Å². The van der Waals surface area contributed by atoms with Gasteiger partial charge in [-0.3, -0.25) is 4.79 Å². The summed E-state index contributed by atoms with van der Waals surface area (Å²) in [5, 5.41) is 9.85. The number of carbonyl (C=O) groups excluding carboxylic acids is 2. The van der Waals surface area contributed by atoms with E-state index in [1.807, 2.05) is 45.0 Å². The van der Waals surface area contributed by atoms with Crippen LogP contribution in [0.1, 0.15) is 44.2 Å². The number of rotatable bonds is 4. The molecule has 0 radical (unpaired) electrons. The van der Waals surface area contributed by atoms with Crippen LogP contribution in [0.15, 0.2) is 29.4 Å². The smallest absolute Gasteiger partial charge is 0.317 e. The molecule has 1 spiro atoms. The van der Waals surface area contributed by atoms with Gasteiger partial charge in [-0.1, -0.05) is 35.0 Å². The van der Waals surface area contributed by atoms with Gasteiger partial charge in [-0.2, -0.15) is 0 Å². The lowest BCUT2D eigenvalue weighted by molar-refractivity contribution is -0.115. The van der Waals surface area contributed by atoms with Gasteiger partial charge in [0, 0.05) is 25.6 Å². The first-order chi connectivity index (χ1) is 12.9. The van der Waals surface area contributed by atoms with Crippen molar-refractivity contribution in [1.29, 1.82) is 0 Å². The normalized spacial score (nSPS) is 21.8. The Bertz CT molecular complexity index is 729. The number of hydrogen-bond acceptors (Lipinski definition) is 4. The second kappa shape index (κ2) is 7.98. The lowest BCUT2D eigenvalue weighted by atomic mass is 9.88. The van der Waals surface area contributed by atoms with Crippen LogP contribution in [-0.4, -0.2) is 47.3 Å². The van der Waals surface area contributed by atoms with E-state index in [0.29, 0.717) is 31.8 Å². The molecule has 3 rings (SSSR count). The topological polar surface area (TPSA) is 83.0 Å². The molecule has 1 aromatic carbocycles. The number of nitrogens with one attached hydrogen (secondary N) is 2. The Kier molecular flexibility index (Phi) is 5.68. The van der Waals surface area contributed by atoms with E-state index in [-0.39, 0.29) is 18.0 Å². The van der Waals surface area contributed by atoms with Crippen LogP contribution in [0.3, 0.4) is 0 Å². The van der Waals surface area contributed by atoms with Gasteiger partial charge in [-0.05, 0) is 39.2 Å². The third-order valence-electron chi connectivity index (χ3n) is 4.91. The number of aryl methyl sites for hydroxylation is 1. The second-order valence-electron chi connectivity index (χ2n) is 7.79. The zero-order valence-electron chi connectivity index (χ0n) is 16.2. The summed E-state index contributed by atoms with van der Waals surface area (Å²) in [6, 6.07) is 8.02. The molecule has 0 saturated carbocycles. The van der Waals surface area contributed by atoms with E-state index in [1.165, 1.54) is 5.56 Å². The molecular formula is C20H28N4O3. The Morgan fingerprint density at radius 1 is 1.30 bits per heavy atom. The summed E-state index contributed by atoms with van der Waals surface area (Å²) in [5.41, 5.74) is 2.04. The number of hydrogen-bond donors (Lipinski definition) is 2. The molecular weight excluding hydrogens is 344 g/mol. The molecule has 0 aliphatic carbocycles. The SMILES string of the molecule is Cc1ccc(CNC(=O)C2=NOC3(CCCN(C(=O)NC(C)C)C3)C2)cc1. The Balaban J connectivity index is 1.54. The van der Waals surface area contributed by atoms with Crippen LogP contribution in [0.5, 0.6) is 0 Å². The third-order valence-corrected chi connectivity index (χ3v) is 4.91. The maximum absolute atomic E-state index is 12.5. The Morgan fingerprint density at radius 2 is 2.04 bits per heavy atom.